The Morgan fingerprint density at radius 1 is 1.50 bits per heavy atom. The van der Waals surface area contributed by atoms with Gasteiger partial charge in [0, 0.05) is 28.7 Å². The van der Waals surface area contributed by atoms with Crippen molar-refractivity contribution in [3.05, 3.63) is 15.6 Å². The van der Waals surface area contributed by atoms with Crippen LogP contribution in [0.3, 0.4) is 0 Å². The molecule has 78 valence electrons. The number of hydrogen-bond acceptors (Lipinski definition) is 5. The lowest BCUT2D eigenvalue weighted by atomic mass is 10.4. The van der Waals surface area contributed by atoms with Crippen LogP contribution in [0.1, 0.15) is 20.8 Å². The maximum atomic E-state index is 5.65. The first-order chi connectivity index (χ1) is 6.81. The number of nitrogens with two attached hydrogens (primary N) is 1. The van der Waals surface area contributed by atoms with Crippen LogP contribution in [0.15, 0.2) is 0 Å². The van der Waals surface area contributed by atoms with Crippen LogP contribution < -0.4 is 5.73 Å². The molecule has 0 aliphatic carbocycles. The molecule has 5 heteroatoms. The van der Waals surface area contributed by atoms with Crippen LogP contribution in [0.5, 0.6) is 0 Å². The molecule has 1 fully saturated rings. The van der Waals surface area contributed by atoms with Crippen molar-refractivity contribution in [3.8, 4) is 0 Å². The lowest BCUT2D eigenvalue weighted by Crippen LogP contribution is -2.05. The second kappa shape index (κ2) is 4.88. The van der Waals surface area contributed by atoms with Crippen molar-refractivity contribution in [2.75, 3.05) is 17.3 Å². The summed E-state index contributed by atoms with van der Waals surface area (Å²) in [5.74, 6) is 3.75. The highest BCUT2D eigenvalue weighted by Gasteiger charge is 2.20. The molecule has 1 aromatic heterocycles. The summed E-state index contributed by atoms with van der Waals surface area (Å²) in [5, 5.41) is 1.89. The van der Waals surface area contributed by atoms with Gasteiger partial charge in [-0.1, -0.05) is 0 Å². The van der Waals surface area contributed by atoms with Gasteiger partial charge < -0.3 is 5.73 Å². The quantitative estimate of drug-likeness (QED) is 0.870. The summed E-state index contributed by atoms with van der Waals surface area (Å²) < 4.78 is 0. The molecule has 1 saturated heterocycles. The van der Waals surface area contributed by atoms with Gasteiger partial charge in [-0.2, -0.15) is 11.8 Å². The maximum Gasteiger partial charge on any atom is 0.107 e. The fourth-order valence-corrected chi connectivity index (χ4v) is 5.34. The molecule has 1 aliphatic rings. The monoisotopic (exact) mass is 246 g/mol. The zero-order chi connectivity index (χ0) is 9.97. The van der Waals surface area contributed by atoms with Gasteiger partial charge in [0.15, 0.2) is 0 Å². The van der Waals surface area contributed by atoms with E-state index in [1.54, 1.807) is 11.3 Å². The van der Waals surface area contributed by atoms with Crippen molar-refractivity contribution >= 4 is 34.9 Å². The zero-order valence-corrected chi connectivity index (χ0v) is 10.6. The van der Waals surface area contributed by atoms with Gasteiger partial charge in [0.05, 0.1) is 10.9 Å². The standard InChI is InChI=1S/C9H14N2S3/c1-6-7(4-10)14-9(11-6)8-5-12-2-3-13-8/h8H,2-5,10H2,1H3. The van der Waals surface area contributed by atoms with Gasteiger partial charge in [0.25, 0.3) is 0 Å². The summed E-state index contributed by atoms with van der Waals surface area (Å²) in [6, 6.07) is 0. The second-order valence-corrected chi connectivity index (χ2v) is 6.77. The number of rotatable bonds is 2. The SMILES string of the molecule is Cc1nc(C2CSCCS2)sc1CN. The molecular formula is C9H14N2S3. The first-order valence-electron chi connectivity index (χ1n) is 4.67. The van der Waals surface area contributed by atoms with E-state index in [9.17, 15) is 0 Å². The molecular weight excluding hydrogens is 232 g/mol. The van der Waals surface area contributed by atoms with E-state index in [-0.39, 0.29) is 0 Å². The summed E-state index contributed by atoms with van der Waals surface area (Å²) in [7, 11) is 0. The minimum Gasteiger partial charge on any atom is -0.326 e. The first kappa shape index (κ1) is 10.8. The Morgan fingerprint density at radius 2 is 2.36 bits per heavy atom. The van der Waals surface area contributed by atoms with Crippen molar-refractivity contribution in [2.45, 2.75) is 18.7 Å². The minimum absolute atomic E-state index is 0.609. The molecule has 0 amide bonds. The average Bonchev–Trinajstić information content (AvgIpc) is 2.61. The van der Waals surface area contributed by atoms with Gasteiger partial charge in [-0.25, -0.2) is 4.98 Å². The van der Waals surface area contributed by atoms with Gasteiger partial charge in [-0.3, -0.25) is 0 Å². The van der Waals surface area contributed by atoms with Crippen molar-refractivity contribution in [2.24, 2.45) is 5.73 Å². The fourth-order valence-electron chi connectivity index (χ4n) is 1.41. The lowest BCUT2D eigenvalue weighted by molar-refractivity contribution is 1.02. The molecule has 14 heavy (non-hydrogen) atoms. The second-order valence-electron chi connectivity index (χ2n) is 3.20. The molecule has 0 bridgehead atoms. The van der Waals surface area contributed by atoms with Crippen LogP contribution in [0.2, 0.25) is 0 Å². The molecule has 1 aliphatic heterocycles. The third-order valence-corrected chi connectivity index (χ3v) is 6.39. The Labute approximate surface area is 97.1 Å². The topological polar surface area (TPSA) is 38.9 Å². The average molecular weight is 246 g/mol. The van der Waals surface area contributed by atoms with Crippen LogP contribution in [-0.4, -0.2) is 22.2 Å². The molecule has 0 saturated carbocycles. The Kier molecular flexibility index (Phi) is 3.76. The van der Waals surface area contributed by atoms with E-state index in [0.717, 1.165) is 5.69 Å². The van der Waals surface area contributed by atoms with E-state index in [1.807, 2.05) is 23.5 Å². The number of aryl methyl sites for hydroxylation is 1. The van der Waals surface area contributed by atoms with E-state index in [2.05, 4.69) is 11.9 Å². The van der Waals surface area contributed by atoms with Gasteiger partial charge in [0.1, 0.15) is 5.01 Å². The van der Waals surface area contributed by atoms with Crippen molar-refractivity contribution in [3.63, 3.8) is 0 Å². The normalized spacial score (nSPS) is 22.6. The molecule has 2 N–H and O–H groups in total. The number of nitrogens with zero attached hydrogens (tertiary/aromatic N) is 1. The first-order valence-corrected chi connectivity index (χ1v) is 7.69. The van der Waals surface area contributed by atoms with E-state index >= 15 is 0 Å². The van der Waals surface area contributed by atoms with Crippen molar-refractivity contribution in [1.82, 2.24) is 4.98 Å². The molecule has 0 radical (unpaired) electrons. The van der Waals surface area contributed by atoms with Gasteiger partial charge >= 0.3 is 0 Å². The molecule has 0 spiro atoms. The summed E-state index contributed by atoms with van der Waals surface area (Å²) in [5.41, 5.74) is 6.78. The number of hydrogen-bond donors (Lipinski definition) is 1. The Morgan fingerprint density at radius 3 is 2.93 bits per heavy atom. The Hall–Kier alpha value is 0.290. The summed E-state index contributed by atoms with van der Waals surface area (Å²) >= 11 is 5.87. The van der Waals surface area contributed by atoms with Gasteiger partial charge in [-0.05, 0) is 6.92 Å². The van der Waals surface area contributed by atoms with Crippen LogP contribution >= 0.6 is 34.9 Å². The van der Waals surface area contributed by atoms with E-state index < -0.39 is 0 Å². The largest absolute Gasteiger partial charge is 0.326 e. The molecule has 0 aromatic carbocycles. The molecule has 2 heterocycles. The molecule has 2 nitrogen and oxygen atoms in total. The van der Waals surface area contributed by atoms with Gasteiger partial charge in [-0.15, -0.1) is 23.1 Å². The Balaban J connectivity index is 2.14. The highest BCUT2D eigenvalue weighted by molar-refractivity contribution is 8.06. The number of thiazole rings is 1. The van der Waals surface area contributed by atoms with Crippen molar-refractivity contribution < 1.29 is 0 Å². The third kappa shape index (κ3) is 2.27. The van der Waals surface area contributed by atoms with Crippen LogP contribution in [0, 0.1) is 6.92 Å². The van der Waals surface area contributed by atoms with Crippen LogP contribution in [-0.2, 0) is 6.54 Å². The van der Waals surface area contributed by atoms with Crippen LogP contribution in [0.25, 0.3) is 0 Å². The highest BCUT2D eigenvalue weighted by Crippen LogP contribution is 2.39. The smallest absolute Gasteiger partial charge is 0.107 e. The summed E-state index contributed by atoms with van der Waals surface area (Å²) in [4.78, 5) is 5.86. The third-order valence-electron chi connectivity index (χ3n) is 2.19. The number of thioether (sulfide) groups is 2. The summed E-state index contributed by atoms with van der Waals surface area (Å²) in [6.07, 6.45) is 0. The maximum absolute atomic E-state index is 5.65. The van der Waals surface area contributed by atoms with E-state index in [0.29, 0.717) is 11.8 Å². The number of aromatic nitrogens is 1. The van der Waals surface area contributed by atoms with Crippen molar-refractivity contribution in [1.29, 1.82) is 0 Å². The molecule has 2 rings (SSSR count). The zero-order valence-electron chi connectivity index (χ0n) is 8.16. The fraction of sp³-hybridized carbons (Fsp3) is 0.667. The predicted octanol–water partition coefficient (Wildman–Crippen LogP) is 2.43. The van der Waals surface area contributed by atoms with Gasteiger partial charge in [0.2, 0.25) is 0 Å². The Bertz CT molecular complexity index is 305. The molecule has 1 aromatic rings. The predicted molar refractivity (Wildman–Crippen MR) is 67.3 cm³/mol. The summed E-state index contributed by atoms with van der Waals surface area (Å²) in [6.45, 7) is 2.69. The van der Waals surface area contributed by atoms with E-state index in [1.165, 1.54) is 27.1 Å². The lowest BCUT2D eigenvalue weighted by Gasteiger charge is -2.18. The molecule has 1 unspecified atom stereocenters. The highest BCUT2D eigenvalue weighted by atomic mass is 32.2. The van der Waals surface area contributed by atoms with Crippen LogP contribution in [0.4, 0.5) is 0 Å². The minimum atomic E-state index is 0.609. The van der Waals surface area contributed by atoms with E-state index in [4.69, 9.17) is 5.73 Å². The molecule has 1 atom stereocenters.